The zero-order valence-electron chi connectivity index (χ0n) is 16.0. The van der Waals surface area contributed by atoms with E-state index in [9.17, 15) is 4.79 Å². The van der Waals surface area contributed by atoms with Gasteiger partial charge in [-0.15, -0.1) is 24.0 Å². The lowest BCUT2D eigenvalue weighted by Crippen LogP contribution is -2.41. The van der Waals surface area contributed by atoms with Gasteiger partial charge in [-0.05, 0) is 42.8 Å². The molecule has 2 aromatic carbocycles. The van der Waals surface area contributed by atoms with E-state index < -0.39 is 0 Å². The van der Waals surface area contributed by atoms with Crippen molar-refractivity contribution < 1.29 is 9.53 Å². The molecule has 28 heavy (non-hydrogen) atoms. The molecule has 0 fully saturated rings. The monoisotopic (exact) mass is 516 g/mol. The molecule has 0 bridgehead atoms. The van der Waals surface area contributed by atoms with E-state index in [1.807, 2.05) is 31.2 Å². The molecular formula is C20H26ClIN4O2. The van der Waals surface area contributed by atoms with Gasteiger partial charge in [0.05, 0.1) is 13.7 Å². The minimum absolute atomic E-state index is 0. The van der Waals surface area contributed by atoms with E-state index in [1.165, 1.54) is 0 Å². The highest BCUT2D eigenvalue weighted by molar-refractivity contribution is 14.0. The highest BCUT2D eigenvalue weighted by atomic mass is 127. The first kappa shape index (κ1) is 24.0. The predicted octanol–water partition coefficient (Wildman–Crippen LogP) is 3.45. The van der Waals surface area contributed by atoms with Crippen molar-refractivity contribution >= 4 is 47.4 Å². The number of nitrogens with zero attached hydrogens (tertiary/aromatic N) is 1. The largest absolute Gasteiger partial charge is 0.497 e. The summed E-state index contributed by atoms with van der Waals surface area (Å²) in [6, 6.07) is 14.7. The van der Waals surface area contributed by atoms with E-state index in [0.717, 1.165) is 12.1 Å². The SMILES string of the molecule is CCNC(=NCc1cccc(Cl)c1)NCCNC(=O)c1cccc(OC)c1.I. The van der Waals surface area contributed by atoms with E-state index >= 15 is 0 Å². The second kappa shape index (κ2) is 13.2. The molecule has 0 saturated heterocycles. The van der Waals surface area contributed by atoms with Gasteiger partial charge < -0.3 is 20.7 Å². The van der Waals surface area contributed by atoms with Crippen LogP contribution in [-0.4, -0.2) is 38.6 Å². The fourth-order valence-electron chi connectivity index (χ4n) is 2.37. The van der Waals surface area contributed by atoms with Crippen LogP contribution < -0.4 is 20.7 Å². The van der Waals surface area contributed by atoms with E-state index in [0.29, 0.717) is 41.9 Å². The third kappa shape index (κ3) is 8.35. The number of amides is 1. The Morgan fingerprint density at radius 1 is 1.07 bits per heavy atom. The smallest absolute Gasteiger partial charge is 0.251 e. The van der Waals surface area contributed by atoms with Gasteiger partial charge in [-0.1, -0.05) is 29.8 Å². The standard InChI is InChI=1S/C20H25ClN4O2.HI/c1-3-22-20(25-14-15-6-4-8-17(21)12-15)24-11-10-23-19(26)16-7-5-9-18(13-16)27-2;/h4-9,12-13H,3,10-11,14H2,1-2H3,(H,23,26)(H2,22,24,25);1H. The van der Waals surface area contributed by atoms with Gasteiger partial charge in [0.1, 0.15) is 5.75 Å². The number of rotatable bonds is 8. The normalized spacial score (nSPS) is 10.6. The number of halogens is 2. The van der Waals surface area contributed by atoms with Crippen molar-refractivity contribution in [1.82, 2.24) is 16.0 Å². The van der Waals surface area contributed by atoms with Gasteiger partial charge in [0.25, 0.3) is 5.91 Å². The van der Waals surface area contributed by atoms with Crippen molar-refractivity contribution in [1.29, 1.82) is 0 Å². The third-order valence-electron chi connectivity index (χ3n) is 3.69. The Bertz CT molecular complexity index is 786. The molecule has 0 aliphatic rings. The van der Waals surface area contributed by atoms with Crippen LogP contribution in [0.4, 0.5) is 0 Å². The topological polar surface area (TPSA) is 74.8 Å². The molecule has 0 heterocycles. The fraction of sp³-hybridized carbons (Fsp3) is 0.300. The number of hydrogen-bond acceptors (Lipinski definition) is 3. The maximum atomic E-state index is 12.2. The quantitative estimate of drug-likeness (QED) is 0.217. The molecule has 0 aromatic heterocycles. The minimum atomic E-state index is -0.142. The predicted molar refractivity (Wildman–Crippen MR) is 125 cm³/mol. The summed E-state index contributed by atoms with van der Waals surface area (Å²) in [5.41, 5.74) is 1.60. The van der Waals surface area contributed by atoms with Gasteiger partial charge in [-0.3, -0.25) is 4.79 Å². The average Bonchev–Trinajstić information content (AvgIpc) is 2.69. The van der Waals surface area contributed by atoms with Crippen molar-refractivity contribution in [2.75, 3.05) is 26.7 Å². The second-order valence-electron chi connectivity index (χ2n) is 5.74. The van der Waals surface area contributed by atoms with Crippen molar-refractivity contribution in [2.24, 2.45) is 4.99 Å². The molecule has 0 spiro atoms. The van der Waals surface area contributed by atoms with Crippen LogP contribution >= 0.6 is 35.6 Å². The number of carbonyl (C=O) groups is 1. The van der Waals surface area contributed by atoms with Crippen molar-refractivity contribution in [3.05, 3.63) is 64.7 Å². The molecule has 8 heteroatoms. The number of nitrogens with one attached hydrogen (secondary N) is 3. The maximum absolute atomic E-state index is 12.2. The Kier molecular flexibility index (Phi) is 11.4. The summed E-state index contributed by atoms with van der Waals surface area (Å²) in [7, 11) is 1.58. The number of guanidine groups is 1. The van der Waals surface area contributed by atoms with Crippen LogP contribution in [-0.2, 0) is 6.54 Å². The van der Waals surface area contributed by atoms with E-state index in [1.54, 1.807) is 31.4 Å². The van der Waals surface area contributed by atoms with Gasteiger partial charge in [0.15, 0.2) is 5.96 Å². The number of ether oxygens (including phenoxy) is 1. The maximum Gasteiger partial charge on any atom is 0.251 e. The van der Waals surface area contributed by atoms with Crippen LogP contribution in [0.5, 0.6) is 5.75 Å². The molecule has 0 aliphatic heterocycles. The number of methoxy groups -OCH3 is 1. The molecular weight excluding hydrogens is 491 g/mol. The highest BCUT2D eigenvalue weighted by Crippen LogP contribution is 2.12. The Morgan fingerprint density at radius 3 is 2.54 bits per heavy atom. The average molecular weight is 517 g/mol. The first-order valence-corrected chi connectivity index (χ1v) is 9.19. The van der Waals surface area contributed by atoms with E-state index in [-0.39, 0.29) is 29.9 Å². The second-order valence-corrected chi connectivity index (χ2v) is 6.18. The number of carbonyl (C=O) groups excluding carboxylic acids is 1. The highest BCUT2D eigenvalue weighted by Gasteiger charge is 2.06. The van der Waals surface area contributed by atoms with Crippen LogP contribution in [0.2, 0.25) is 5.02 Å². The molecule has 0 unspecified atom stereocenters. The molecule has 3 N–H and O–H groups in total. The van der Waals surface area contributed by atoms with Crippen molar-refractivity contribution in [3.63, 3.8) is 0 Å². The van der Waals surface area contributed by atoms with Crippen molar-refractivity contribution in [2.45, 2.75) is 13.5 Å². The summed E-state index contributed by atoms with van der Waals surface area (Å²) in [6.07, 6.45) is 0. The Balaban J connectivity index is 0.00000392. The molecule has 0 aliphatic carbocycles. The third-order valence-corrected chi connectivity index (χ3v) is 3.92. The Morgan fingerprint density at radius 2 is 1.82 bits per heavy atom. The van der Waals surface area contributed by atoms with Crippen LogP contribution in [0.3, 0.4) is 0 Å². The number of aliphatic imine (C=N–C) groups is 1. The molecule has 2 aromatic rings. The lowest BCUT2D eigenvalue weighted by molar-refractivity contribution is 0.0954. The van der Waals surface area contributed by atoms with Gasteiger partial charge >= 0.3 is 0 Å². The van der Waals surface area contributed by atoms with E-state index in [2.05, 4.69) is 20.9 Å². The summed E-state index contributed by atoms with van der Waals surface area (Å²) >= 11 is 6.00. The molecule has 6 nitrogen and oxygen atoms in total. The molecule has 0 saturated carbocycles. The zero-order valence-corrected chi connectivity index (χ0v) is 19.1. The van der Waals surface area contributed by atoms with Crippen LogP contribution in [0, 0.1) is 0 Å². The van der Waals surface area contributed by atoms with Crippen LogP contribution in [0.1, 0.15) is 22.8 Å². The van der Waals surface area contributed by atoms with E-state index in [4.69, 9.17) is 16.3 Å². The molecule has 152 valence electrons. The summed E-state index contributed by atoms with van der Waals surface area (Å²) in [5.74, 6) is 1.20. The molecule has 2 rings (SSSR count). The van der Waals surface area contributed by atoms with Gasteiger partial charge in [-0.2, -0.15) is 0 Å². The lowest BCUT2D eigenvalue weighted by Gasteiger charge is -2.12. The van der Waals surface area contributed by atoms with Crippen LogP contribution in [0.25, 0.3) is 0 Å². The summed E-state index contributed by atoms with van der Waals surface area (Å²) in [6.45, 7) is 4.29. The molecule has 0 radical (unpaired) electrons. The summed E-state index contributed by atoms with van der Waals surface area (Å²) in [5, 5.41) is 9.95. The first-order valence-electron chi connectivity index (χ1n) is 8.81. The summed E-state index contributed by atoms with van der Waals surface area (Å²) in [4.78, 5) is 16.7. The first-order chi connectivity index (χ1) is 13.1. The lowest BCUT2D eigenvalue weighted by atomic mass is 10.2. The molecule has 0 atom stereocenters. The van der Waals surface area contributed by atoms with Gasteiger partial charge in [0.2, 0.25) is 0 Å². The van der Waals surface area contributed by atoms with Gasteiger partial charge in [-0.25, -0.2) is 4.99 Å². The Hall–Kier alpha value is -2.00. The fourth-order valence-corrected chi connectivity index (χ4v) is 2.58. The van der Waals surface area contributed by atoms with Crippen molar-refractivity contribution in [3.8, 4) is 5.75 Å². The van der Waals surface area contributed by atoms with Crippen LogP contribution in [0.15, 0.2) is 53.5 Å². The summed E-state index contributed by atoms with van der Waals surface area (Å²) < 4.78 is 5.14. The number of benzene rings is 2. The van der Waals surface area contributed by atoms with Gasteiger partial charge in [0, 0.05) is 30.2 Å². The number of hydrogen-bond donors (Lipinski definition) is 3. The molecule has 1 amide bonds. The minimum Gasteiger partial charge on any atom is -0.497 e. The Labute approximate surface area is 188 Å². The zero-order chi connectivity index (χ0) is 19.5.